The summed E-state index contributed by atoms with van der Waals surface area (Å²) in [6, 6.07) is 14.2. The zero-order valence-corrected chi connectivity index (χ0v) is 17.9. The van der Waals surface area contributed by atoms with Crippen molar-refractivity contribution in [3.63, 3.8) is 0 Å². The largest absolute Gasteiger partial charge is 0.356 e. The highest BCUT2D eigenvalue weighted by molar-refractivity contribution is 7.99. The van der Waals surface area contributed by atoms with Crippen LogP contribution in [0.5, 0.6) is 0 Å². The SMILES string of the molecule is CC(=O)NCCc1nnc(SCC(=O)c2ccccc2)n1-c1cc(Cl)cc(Cl)c1. The Kier molecular flexibility index (Phi) is 7.30. The Hall–Kier alpha value is -2.35. The number of aromatic nitrogens is 3. The van der Waals surface area contributed by atoms with Crippen molar-refractivity contribution in [3.05, 3.63) is 70.0 Å². The number of hydrogen-bond donors (Lipinski definition) is 1. The van der Waals surface area contributed by atoms with E-state index in [1.54, 1.807) is 30.3 Å². The molecule has 6 nitrogen and oxygen atoms in total. The first kappa shape index (κ1) is 21.4. The summed E-state index contributed by atoms with van der Waals surface area (Å²) in [5, 5.41) is 12.7. The number of nitrogens with zero attached hydrogens (tertiary/aromatic N) is 3. The third kappa shape index (κ3) is 5.82. The molecule has 0 aliphatic heterocycles. The molecule has 0 saturated heterocycles. The van der Waals surface area contributed by atoms with Crippen molar-refractivity contribution in [2.24, 2.45) is 0 Å². The van der Waals surface area contributed by atoms with E-state index in [-0.39, 0.29) is 17.4 Å². The summed E-state index contributed by atoms with van der Waals surface area (Å²) in [5.74, 6) is 0.716. The summed E-state index contributed by atoms with van der Waals surface area (Å²) in [7, 11) is 0. The number of carbonyl (C=O) groups excluding carboxylic acids is 2. The van der Waals surface area contributed by atoms with Gasteiger partial charge in [0.2, 0.25) is 5.91 Å². The molecular weight excluding hydrogens is 431 g/mol. The molecule has 1 aromatic heterocycles. The molecule has 0 bridgehead atoms. The van der Waals surface area contributed by atoms with Crippen molar-refractivity contribution in [2.75, 3.05) is 12.3 Å². The lowest BCUT2D eigenvalue weighted by atomic mass is 10.2. The number of benzene rings is 2. The molecule has 1 amide bonds. The van der Waals surface area contributed by atoms with Gasteiger partial charge in [-0.2, -0.15) is 0 Å². The molecule has 150 valence electrons. The third-order valence-corrected chi connectivity index (χ3v) is 5.32. The van der Waals surface area contributed by atoms with Crippen LogP contribution in [0.2, 0.25) is 10.0 Å². The van der Waals surface area contributed by atoms with Gasteiger partial charge in [0, 0.05) is 35.5 Å². The lowest BCUT2D eigenvalue weighted by molar-refractivity contribution is -0.118. The Morgan fingerprint density at radius 2 is 1.76 bits per heavy atom. The van der Waals surface area contributed by atoms with Crippen molar-refractivity contribution < 1.29 is 9.59 Å². The molecule has 0 aliphatic carbocycles. The standard InChI is InChI=1S/C20H18Cl2N4O2S/c1-13(27)23-8-7-19-24-25-20(26(19)17-10-15(21)9-16(22)11-17)29-12-18(28)14-5-3-2-4-6-14/h2-6,9-11H,7-8,12H2,1H3,(H,23,27). The van der Waals surface area contributed by atoms with Crippen molar-refractivity contribution in [3.8, 4) is 5.69 Å². The van der Waals surface area contributed by atoms with Gasteiger partial charge >= 0.3 is 0 Å². The third-order valence-electron chi connectivity index (χ3n) is 3.96. The maximum absolute atomic E-state index is 12.5. The fourth-order valence-electron chi connectivity index (χ4n) is 2.67. The first-order valence-corrected chi connectivity index (χ1v) is 10.5. The minimum absolute atomic E-state index is 0.00549. The minimum Gasteiger partial charge on any atom is -0.356 e. The molecule has 1 N–H and O–H groups in total. The summed E-state index contributed by atoms with van der Waals surface area (Å²) < 4.78 is 1.81. The van der Waals surface area contributed by atoms with E-state index in [9.17, 15) is 9.59 Å². The van der Waals surface area contributed by atoms with Crippen LogP contribution >= 0.6 is 35.0 Å². The molecule has 0 unspecified atom stereocenters. The summed E-state index contributed by atoms with van der Waals surface area (Å²) in [4.78, 5) is 23.6. The molecule has 1 heterocycles. The lowest BCUT2D eigenvalue weighted by Gasteiger charge is -2.11. The van der Waals surface area contributed by atoms with Crippen LogP contribution in [0.1, 0.15) is 23.1 Å². The van der Waals surface area contributed by atoms with Crippen LogP contribution in [0.25, 0.3) is 5.69 Å². The normalized spacial score (nSPS) is 10.7. The summed E-state index contributed by atoms with van der Waals surface area (Å²) in [5.41, 5.74) is 1.34. The smallest absolute Gasteiger partial charge is 0.216 e. The Balaban J connectivity index is 1.86. The van der Waals surface area contributed by atoms with Gasteiger partial charge in [-0.05, 0) is 18.2 Å². The highest BCUT2D eigenvalue weighted by Crippen LogP contribution is 2.27. The summed E-state index contributed by atoms with van der Waals surface area (Å²) in [6.45, 7) is 1.87. The van der Waals surface area contributed by atoms with Gasteiger partial charge in [-0.3, -0.25) is 14.2 Å². The number of amides is 1. The first-order valence-electron chi connectivity index (χ1n) is 8.80. The van der Waals surface area contributed by atoms with Crippen LogP contribution in [0.3, 0.4) is 0 Å². The van der Waals surface area contributed by atoms with Crippen LogP contribution < -0.4 is 5.32 Å². The maximum Gasteiger partial charge on any atom is 0.216 e. The predicted octanol–water partition coefficient (Wildman–Crippen LogP) is 4.23. The van der Waals surface area contributed by atoms with Gasteiger partial charge in [0.05, 0.1) is 11.4 Å². The maximum atomic E-state index is 12.5. The molecule has 2 aromatic carbocycles. The van der Waals surface area contributed by atoms with Gasteiger partial charge in [-0.25, -0.2) is 0 Å². The van der Waals surface area contributed by atoms with Crippen molar-refractivity contribution in [2.45, 2.75) is 18.5 Å². The number of rotatable bonds is 8. The van der Waals surface area contributed by atoms with E-state index in [4.69, 9.17) is 23.2 Å². The van der Waals surface area contributed by atoms with Gasteiger partial charge in [-0.1, -0.05) is 65.3 Å². The molecule has 29 heavy (non-hydrogen) atoms. The van der Waals surface area contributed by atoms with E-state index in [2.05, 4.69) is 15.5 Å². The molecule has 9 heteroatoms. The monoisotopic (exact) mass is 448 g/mol. The number of ketones is 1. The van der Waals surface area contributed by atoms with E-state index in [0.29, 0.717) is 45.2 Å². The quantitative estimate of drug-likeness (QED) is 0.412. The summed E-state index contributed by atoms with van der Waals surface area (Å²) >= 11 is 13.6. The molecule has 0 aliphatic rings. The number of carbonyl (C=O) groups is 2. The Morgan fingerprint density at radius 3 is 2.41 bits per heavy atom. The second-order valence-corrected chi connectivity index (χ2v) is 7.99. The fourth-order valence-corrected chi connectivity index (χ4v) is 4.05. The Labute approximate surface area is 182 Å². The topological polar surface area (TPSA) is 76.9 Å². The van der Waals surface area contributed by atoms with Crippen molar-refractivity contribution >= 4 is 46.7 Å². The molecule has 0 fully saturated rings. The van der Waals surface area contributed by atoms with E-state index in [0.717, 1.165) is 0 Å². The fraction of sp³-hybridized carbons (Fsp3) is 0.200. The Bertz CT molecular complexity index is 1000. The number of Topliss-reactive ketones (excluding diaryl/α,β-unsaturated/α-hetero) is 1. The van der Waals surface area contributed by atoms with Gasteiger partial charge < -0.3 is 5.32 Å². The van der Waals surface area contributed by atoms with Crippen LogP contribution in [-0.2, 0) is 11.2 Å². The average molecular weight is 449 g/mol. The molecule has 0 spiro atoms. The predicted molar refractivity (Wildman–Crippen MR) is 115 cm³/mol. The summed E-state index contributed by atoms with van der Waals surface area (Å²) in [6.07, 6.45) is 0.462. The average Bonchev–Trinajstić information content (AvgIpc) is 3.08. The zero-order valence-electron chi connectivity index (χ0n) is 15.6. The highest BCUT2D eigenvalue weighted by atomic mass is 35.5. The van der Waals surface area contributed by atoms with Gasteiger partial charge in [-0.15, -0.1) is 10.2 Å². The van der Waals surface area contributed by atoms with E-state index < -0.39 is 0 Å². The number of halogens is 2. The van der Waals surface area contributed by atoms with Gasteiger partial charge in [0.1, 0.15) is 5.82 Å². The van der Waals surface area contributed by atoms with E-state index in [1.165, 1.54) is 18.7 Å². The van der Waals surface area contributed by atoms with Gasteiger partial charge in [0.15, 0.2) is 10.9 Å². The molecule has 0 atom stereocenters. The van der Waals surface area contributed by atoms with Crippen molar-refractivity contribution in [1.82, 2.24) is 20.1 Å². The number of thioether (sulfide) groups is 1. The van der Waals surface area contributed by atoms with Crippen LogP contribution in [0, 0.1) is 0 Å². The Morgan fingerprint density at radius 1 is 1.07 bits per heavy atom. The highest BCUT2D eigenvalue weighted by Gasteiger charge is 2.17. The van der Waals surface area contributed by atoms with E-state index >= 15 is 0 Å². The number of hydrogen-bond acceptors (Lipinski definition) is 5. The second kappa shape index (κ2) is 9.91. The second-order valence-electron chi connectivity index (χ2n) is 6.17. The van der Waals surface area contributed by atoms with Crippen LogP contribution in [0.15, 0.2) is 53.7 Å². The molecular formula is C20H18Cl2N4O2S. The zero-order chi connectivity index (χ0) is 20.8. The number of nitrogens with one attached hydrogen (secondary N) is 1. The molecule has 0 radical (unpaired) electrons. The lowest BCUT2D eigenvalue weighted by Crippen LogP contribution is -2.23. The molecule has 0 saturated carbocycles. The van der Waals surface area contributed by atoms with Crippen LogP contribution in [-0.4, -0.2) is 38.8 Å². The van der Waals surface area contributed by atoms with Crippen molar-refractivity contribution in [1.29, 1.82) is 0 Å². The first-order chi connectivity index (χ1) is 13.9. The molecule has 3 rings (SSSR count). The van der Waals surface area contributed by atoms with E-state index in [1.807, 2.05) is 22.8 Å². The minimum atomic E-state index is -0.120. The van der Waals surface area contributed by atoms with Crippen LogP contribution in [0.4, 0.5) is 0 Å². The van der Waals surface area contributed by atoms with Gasteiger partial charge in [0.25, 0.3) is 0 Å². The molecule has 3 aromatic rings.